The maximum absolute atomic E-state index is 12.5. The molecule has 0 saturated heterocycles. The third kappa shape index (κ3) is 5.37. The normalized spacial score (nSPS) is 12.1. The zero-order chi connectivity index (χ0) is 20.0. The van der Waals surface area contributed by atoms with E-state index in [1.165, 1.54) is 7.11 Å². The first-order valence-corrected chi connectivity index (χ1v) is 10.1. The summed E-state index contributed by atoms with van der Waals surface area (Å²) in [6, 6.07) is 13.7. The van der Waals surface area contributed by atoms with Crippen LogP contribution in [0.5, 0.6) is 11.5 Å². The van der Waals surface area contributed by atoms with Gasteiger partial charge >= 0.3 is 0 Å². The van der Waals surface area contributed by atoms with Crippen LogP contribution in [0, 0.1) is 0 Å². The van der Waals surface area contributed by atoms with E-state index in [-0.39, 0.29) is 12.6 Å². The summed E-state index contributed by atoms with van der Waals surface area (Å²) >= 11 is 0. The molecule has 0 aliphatic rings. The van der Waals surface area contributed by atoms with E-state index < -0.39 is 15.9 Å². The van der Waals surface area contributed by atoms with Gasteiger partial charge in [-0.2, -0.15) is 0 Å². The molecule has 1 amide bonds. The number of para-hydroxylation sites is 2. The van der Waals surface area contributed by atoms with Gasteiger partial charge in [0.25, 0.3) is 0 Å². The number of amides is 1. The number of hydrogen-bond acceptors (Lipinski definition) is 5. The molecular weight excluding hydrogens is 368 g/mol. The molecular formula is C19H24N2O5S. The molecule has 1 N–H and O–H groups in total. The second kappa shape index (κ2) is 8.77. The number of hydrogen-bond donors (Lipinski definition) is 1. The highest BCUT2D eigenvalue weighted by molar-refractivity contribution is 7.92. The fraction of sp³-hybridized carbons (Fsp3) is 0.316. The minimum absolute atomic E-state index is 0.289. The highest BCUT2D eigenvalue weighted by atomic mass is 32.2. The van der Waals surface area contributed by atoms with Crippen LogP contribution in [0.3, 0.4) is 0 Å². The van der Waals surface area contributed by atoms with Crippen LogP contribution in [0.4, 0.5) is 5.69 Å². The monoisotopic (exact) mass is 392 g/mol. The van der Waals surface area contributed by atoms with Crippen molar-refractivity contribution in [1.82, 2.24) is 5.32 Å². The van der Waals surface area contributed by atoms with Gasteiger partial charge in [0.05, 0.1) is 32.2 Å². The molecule has 2 aromatic rings. The SMILES string of the molecule is COc1ccc([C@H](C)NC(=O)CN(c2ccccc2OC)S(C)(=O)=O)cc1. The fourth-order valence-corrected chi connectivity index (χ4v) is 3.47. The van der Waals surface area contributed by atoms with Crippen LogP contribution >= 0.6 is 0 Å². The van der Waals surface area contributed by atoms with Crippen LogP contribution in [0.1, 0.15) is 18.5 Å². The van der Waals surface area contributed by atoms with E-state index in [9.17, 15) is 13.2 Å². The highest BCUT2D eigenvalue weighted by Gasteiger charge is 2.24. The number of nitrogens with one attached hydrogen (secondary N) is 1. The molecule has 0 aromatic heterocycles. The van der Waals surface area contributed by atoms with Gasteiger partial charge in [0.1, 0.15) is 18.0 Å². The van der Waals surface area contributed by atoms with Gasteiger partial charge in [-0.15, -0.1) is 0 Å². The van der Waals surface area contributed by atoms with Crippen molar-refractivity contribution in [1.29, 1.82) is 0 Å². The van der Waals surface area contributed by atoms with Gasteiger partial charge in [-0.1, -0.05) is 24.3 Å². The largest absolute Gasteiger partial charge is 0.497 e. The molecule has 0 saturated carbocycles. The lowest BCUT2D eigenvalue weighted by atomic mass is 10.1. The molecule has 8 heteroatoms. The number of sulfonamides is 1. The predicted octanol–water partition coefficient (Wildman–Crippen LogP) is 2.35. The zero-order valence-electron chi connectivity index (χ0n) is 15.8. The Kier molecular flexibility index (Phi) is 6.68. The quantitative estimate of drug-likeness (QED) is 0.745. The lowest BCUT2D eigenvalue weighted by Gasteiger charge is -2.24. The minimum atomic E-state index is -3.68. The first kappa shape index (κ1) is 20.6. The fourth-order valence-electron chi connectivity index (χ4n) is 2.61. The second-order valence-electron chi connectivity index (χ2n) is 6.00. The van der Waals surface area contributed by atoms with E-state index in [0.717, 1.165) is 21.9 Å². The molecule has 0 aliphatic carbocycles. The van der Waals surface area contributed by atoms with Gasteiger partial charge in [-0.3, -0.25) is 9.10 Å². The van der Waals surface area contributed by atoms with Gasteiger partial charge in [0.2, 0.25) is 15.9 Å². The molecule has 27 heavy (non-hydrogen) atoms. The lowest BCUT2D eigenvalue weighted by molar-refractivity contribution is -0.120. The summed E-state index contributed by atoms with van der Waals surface area (Å²) < 4.78 is 35.9. The molecule has 0 fully saturated rings. The van der Waals surface area contributed by atoms with Crippen molar-refractivity contribution in [3.05, 3.63) is 54.1 Å². The number of methoxy groups -OCH3 is 2. The van der Waals surface area contributed by atoms with Crippen LogP contribution in [-0.2, 0) is 14.8 Å². The predicted molar refractivity (Wildman–Crippen MR) is 105 cm³/mol. The summed E-state index contributed by atoms with van der Waals surface area (Å²) in [4.78, 5) is 12.5. The molecule has 0 heterocycles. The van der Waals surface area contributed by atoms with E-state index in [4.69, 9.17) is 9.47 Å². The Morgan fingerprint density at radius 3 is 2.26 bits per heavy atom. The first-order chi connectivity index (χ1) is 12.8. The van der Waals surface area contributed by atoms with Crippen molar-refractivity contribution < 1.29 is 22.7 Å². The van der Waals surface area contributed by atoms with Crippen LogP contribution in [0.15, 0.2) is 48.5 Å². The highest BCUT2D eigenvalue weighted by Crippen LogP contribution is 2.29. The number of benzene rings is 2. The topological polar surface area (TPSA) is 84.9 Å². The Bertz CT molecular complexity index is 881. The van der Waals surface area contributed by atoms with Gasteiger partial charge in [-0.25, -0.2) is 8.42 Å². The lowest BCUT2D eigenvalue weighted by Crippen LogP contribution is -2.41. The maximum Gasteiger partial charge on any atom is 0.241 e. The van der Waals surface area contributed by atoms with Gasteiger partial charge in [-0.05, 0) is 36.8 Å². The number of rotatable bonds is 8. The van der Waals surface area contributed by atoms with Gasteiger partial charge in [0.15, 0.2) is 0 Å². The summed E-state index contributed by atoms with van der Waals surface area (Å²) in [6.07, 6.45) is 1.06. The molecule has 2 rings (SSSR count). The third-order valence-corrected chi connectivity index (χ3v) is 5.16. The second-order valence-corrected chi connectivity index (χ2v) is 7.91. The Balaban J connectivity index is 2.16. The Labute approximate surface area is 160 Å². The number of carbonyl (C=O) groups is 1. The number of carbonyl (C=O) groups excluding carboxylic acids is 1. The van der Waals surface area contributed by atoms with E-state index >= 15 is 0 Å². The molecule has 0 aliphatic heterocycles. The Hall–Kier alpha value is -2.74. The van der Waals surface area contributed by atoms with Crippen molar-refractivity contribution in [2.24, 2.45) is 0 Å². The van der Waals surface area contributed by atoms with E-state index in [1.54, 1.807) is 43.5 Å². The van der Waals surface area contributed by atoms with E-state index in [1.807, 2.05) is 19.1 Å². The molecule has 2 aromatic carbocycles. The van der Waals surface area contributed by atoms with Crippen LogP contribution in [0.25, 0.3) is 0 Å². The summed E-state index contributed by atoms with van der Waals surface area (Å²) in [5, 5.41) is 2.82. The van der Waals surface area contributed by atoms with Crippen molar-refractivity contribution in [2.75, 3.05) is 31.3 Å². The number of anilines is 1. The average molecular weight is 392 g/mol. The van der Waals surface area contributed by atoms with Crippen molar-refractivity contribution in [3.63, 3.8) is 0 Å². The molecule has 0 spiro atoms. The van der Waals surface area contributed by atoms with Gasteiger partial charge < -0.3 is 14.8 Å². The van der Waals surface area contributed by atoms with E-state index in [0.29, 0.717) is 11.4 Å². The summed E-state index contributed by atoms with van der Waals surface area (Å²) in [5.41, 5.74) is 1.20. The number of nitrogens with zero attached hydrogens (tertiary/aromatic N) is 1. The van der Waals surface area contributed by atoms with Crippen LogP contribution in [-0.4, -0.2) is 41.3 Å². The molecule has 1 atom stereocenters. The molecule has 0 unspecified atom stereocenters. The summed E-state index contributed by atoms with van der Waals surface area (Å²) in [5.74, 6) is 0.672. The minimum Gasteiger partial charge on any atom is -0.497 e. The number of ether oxygens (including phenoxy) is 2. The summed E-state index contributed by atoms with van der Waals surface area (Å²) in [7, 11) is -0.648. The molecule has 0 bridgehead atoms. The zero-order valence-corrected chi connectivity index (χ0v) is 16.6. The molecule has 0 radical (unpaired) electrons. The van der Waals surface area contributed by atoms with Gasteiger partial charge in [0, 0.05) is 0 Å². The van der Waals surface area contributed by atoms with Crippen molar-refractivity contribution in [2.45, 2.75) is 13.0 Å². The smallest absolute Gasteiger partial charge is 0.241 e. The van der Waals surface area contributed by atoms with Crippen LogP contribution < -0.4 is 19.1 Å². The van der Waals surface area contributed by atoms with Crippen molar-refractivity contribution in [3.8, 4) is 11.5 Å². The first-order valence-electron chi connectivity index (χ1n) is 8.30. The average Bonchev–Trinajstić information content (AvgIpc) is 2.65. The Morgan fingerprint density at radius 2 is 1.70 bits per heavy atom. The maximum atomic E-state index is 12.5. The third-order valence-electron chi connectivity index (χ3n) is 4.03. The standard InChI is InChI=1S/C19H24N2O5S/c1-14(15-9-11-16(25-2)12-10-15)20-19(22)13-21(27(4,23)24)17-7-5-6-8-18(17)26-3/h5-12,14H,13H2,1-4H3,(H,20,22)/t14-/m0/s1. The van der Waals surface area contributed by atoms with Crippen molar-refractivity contribution >= 4 is 21.6 Å². The molecule has 146 valence electrons. The van der Waals surface area contributed by atoms with Crippen LogP contribution in [0.2, 0.25) is 0 Å². The summed E-state index contributed by atoms with van der Waals surface area (Å²) in [6.45, 7) is 1.48. The Morgan fingerprint density at radius 1 is 1.07 bits per heavy atom. The molecule has 7 nitrogen and oxygen atoms in total. The van der Waals surface area contributed by atoms with E-state index in [2.05, 4.69) is 5.32 Å².